The van der Waals surface area contributed by atoms with Gasteiger partial charge in [-0.05, 0) is 37.6 Å². The number of nitrogens with one attached hydrogen (secondary N) is 1. The third kappa shape index (κ3) is 2.37. The molecule has 0 aliphatic carbocycles. The fourth-order valence-corrected chi connectivity index (χ4v) is 3.63. The van der Waals surface area contributed by atoms with E-state index in [4.69, 9.17) is 11.6 Å². The summed E-state index contributed by atoms with van der Waals surface area (Å²) in [6, 6.07) is 8.78. The van der Waals surface area contributed by atoms with Crippen LogP contribution in [-0.2, 0) is 7.05 Å². The topological polar surface area (TPSA) is 71.0 Å². The minimum absolute atomic E-state index is 0.0835. The van der Waals surface area contributed by atoms with Gasteiger partial charge >= 0.3 is 0 Å². The van der Waals surface area contributed by atoms with Crippen LogP contribution in [0.4, 0.5) is 5.69 Å². The van der Waals surface area contributed by atoms with Crippen LogP contribution < -0.4 is 10.5 Å². The van der Waals surface area contributed by atoms with Crippen LogP contribution in [0.1, 0.15) is 38.9 Å². The van der Waals surface area contributed by atoms with Crippen molar-refractivity contribution >= 4 is 23.2 Å². The Morgan fingerprint density at radius 2 is 1.85 bits per heavy atom. The van der Waals surface area contributed by atoms with Crippen LogP contribution in [-0.4, -0.2) is 20.7 Å². The zero-order valence-corrected chi connectivity index (χ0v) is 15.3. The lowest BCUT2D eigenvalue weighted by Gasteiger charge is -2.26. The highest BCUT2D eigenvalue weighted by Gasteiger charge is 2.42. The largest absolute Gasteiger partial charge is 0.316 e. The maximum absolute atomic E-state index is 13.2. The summed E-state index contributed by atoms with van der Waals surface area (Å²) >= 11 is 6.02. The number of carbonyl (C=O) groups excluding carboxylic acids is 1. The second-order valence-corrected chi connectivity index (χ2v) is 6.96. The number of halogens is 1. The number of hydrogen-bond acceptors (Lipinski definition) is 3. The molecule has 2 aromatic heterocycles. The van der Waals surface area contributed by atoms with Crippen LogP contribution in [0.2, 0.25) is 5.02 Å². The number of nitrogens with zero attached hydrogens (tertiary/aromatic N) is 3. The van der Waals surface area contributed by atoms with Gasteiger partial charge in [-0.15, -0.1) is 0 Å². The molecule has 1 amide bonds. The number of fused-ring (bicyclic) bond motifs is 1. The van der Waals surface area contributed by atoms with E-state index < -0.39 is 0 Å². The number of benzene rings is 1. The number of carbonyl (C=O) groups is 1. The Labute approximate surface area is 155 Å². The Hall–Kier alpha value is -2.86. The molecular formula is C19H17ClN4O2. The maximum atomic E-state index is 13.2. The van der Waals surface area contributed by atoms with Crippen LogP contribution in [0.5, 0.6) is 0 Å². The normalized spacial score (nSPS) is 16.2. The minimum atomic E-state index is -0.354. The first-order valence-corrected chi connectivity index (χ1v) is 8.57. The van der Waals surface area contributed by atoms with Crippen molar-refractivity contribution in [3.8, 4) is 0 Å². The quantitative estimate of drug-likeness (QED) is 0.755. The van der Waals surface area contributed by atoms with Gasteiger partial charge in [-0.3, -0.25) is 19.6 Å². The van der Waals surface area contributed by atoms with Gasteiger partial charge in [0.1, 0.15) is 6.04 Å². The lowest BCUT2D eigenvalue weighted by Crippen LogP contribution is -2.31. The zero-order chi connectivity index (χ0) is 18.6. The van der Waals surface area contributed by atoms with E-state index in [1.54, 1.807) is 43.3 Å². The van der Waals surface area contributed by atoms with Crippen molar-refractivity contribution in [3.05, 3.63) is 80.0 Å². The van der Waals surface area contributed by atoms with Gasteiger partial charge in [0.15, 0.2) is 0 Å². The molecule has 1 atom stereocenters. The Balaban J connectivity index is 1.93. The van der Waals surface area contributed by atoms with Crippen molar-refractivity contribution < 1.29 is 4.79 Å². The summed E-state index contributed by atoms with van der Waals surface area (Å²) in [6.45, 7) is 3.55. The van der Waals surface area contributed by atoms with Crippen molar-refractivity contribution in [2.24, 2.45) is 7.05 Å². The molecule has 0 bridgehead atoms. The first kappa shape index (κ1) is 16.6. The van der Waals surface area contributed by atoms with Gasteiger partial charge in [-0.25, -0.2) is 0 Å². The third-order valence-corrected chi connectivity index (χ3v) is 5.00. The molecule has 3 heterocycles. The van der Waals surface area contributed by atoms with E-state index in [0.29, 0.717) is 27.5 Å². The summed E-state index contributed by atoms with van der Waals surface area (Å²) in [6.07, 6.45) is 1.69. The standard InChI is InChI=1S/C19H17ClN4O2/c1-10-8-14(9-23(3)18(10)25)24-17(12-4-6-13(20)7-5-12)16-15(19(24)26)11(2)21-22-16/h4-9,17H,1-3H3,(H,21,22)/t17-/m0/s1. The average Bonchev–Trinajstić information content (AvgIpc) is 3.12. The van der Waals surface area contributed by atoms with E-state index in [0.717, 1.165) is 11.3 Å². The third-order valence-electron chi connectivity index (χ3n) is 4.75. The molecule has 1 aliphatic heterocycles. The summed E-state index contributed by atoms with van der Waals surface area (Å²) in [4.78, 5) is 26.9. The van der Waals surface area contributed by atoms with E-state index in [-0.39, 0.29) is 17.5 Å². The summed E-state index contributed by atoms with van der Waals surface area (Å²) in [5.41, 5.74) is 4.07. The lowest BCUT2D eigenvalue weighted by molar-refractivity contribution is 0.0992. The van der Waals surface area contributed by atoms with Crippen molar-refractivity contribution in [1.29, 1.82) is 0 Å². The van der Waals surface area contributed by atoms with Gasteiger partial charge in [0.2, 0.25) is 0 Å². The van der Waals surface area contributed by atoms with Crippen molar-refractivity contribution in [2.75, 3.05) is 4.90 Å². The number of H-pyrrole nitrogens is 1. The molecule has 0 saturated heterocycles. The number of aromatic amines is 1. The smallest absolute Gasteiger partial charge is 0.263 e. The molecule has 0 spiro atoms. The Bertz CT molecular complexity index is 1060. The molecule has 6 nitrogen and oxygen atoms in total. The van der Waals surface area contributed by atoms with Gasteiger partial charge in [-0.1, -0.05) is 23.7 Å². The molecule has 3 aromatic rings. The highest BCUT2D eigenvalue weighted by Crippen LogP contribution is 2.41. The molecule has 26 heavy (non-hydrogen) atoms. The summed E-state index contributed by atoms with van der Waals surface area (Å²) in [5.74, 6) is -0.135. The molecule has 1 N–H and O–H groups in total. The number of hydrogen-bond donors (Lipinski definition) is 1. The molecule has 132 valence electrons. The fraction of sp³-hybridized carbons (Fsp3) is 0.211. The molecule has 0 fully saturated rings. The second kappa shape index (κ2) is 5.85. The molecule has 7 heteroatoms. The highest BCUT2D eigenvalue weighted by molar-refractivity contribution is 6.30. The summed E-state index contributed by atoms with van der Waals surface area (Å²) in [5, 5.41) is 7.84. The van der Waals surface area contributed by atoms with E-state index in [2.05, 4.69) is 10.2 Å². The predicted molar refractivity (Wildman–Crippen MR) is 99.8 cm³/mol. The number of aromatic nitrogens is 3. The molecule has 1 aliphatic rings. The Morgan fingerprint density at radius 1 is 1.15 bits per heavy atom. The average molecular weight is 369 g/mol. The number of pyridine rings is 1. The molecule has 0 saturated carbocycles. The predicted octanol–water partition coefficient (Wildman–Crippen LogP) is 3.13. The van der Waals surface area contributed by atoms with E-state index >= 15 is 0 Å². The number of rotatable bonds is 2. The van der Waals surface area contributed by atoms with E-state index in [1.165, 1.54) is 4.57 Å². The second-order valence-electron chi connectivity index (χ2n) is 6.52. The van der Waals surface area contributed by atoms with Crippen molar-refractivity contribution in [1.82, 2.24) is 14.8 Å². The zero-order valence-electron chi connectivity index (χ0n) is 14.6. The summed E-state index contributed by atoms with van der Waals surface area (Å²) < 4.78 is 1.49. The van der Waals surface area contributed by atoms with Gasteiger partial charge in [-0.2, -0.15) is 5.10 Å². The van der Waals surface area contributed by atoms with Crippen LogP contribution in [0.15, 0.2) is 41.3 Å². The first-order chi connectivity index (χ1) is 12.4. The minimum Gasteiger partial charge on any atom is -0.316 e. The molecule has 1 aromatic carbocycles. The lowest BCUT2D eigenvalue weighted by atomic mass is 10.0. The monoisotopic (exact) mass is 368 g/mol. The fourth-order valence-electron chi connectivity index (χ4n) is 3.50. The molecule has 0 radical (unpaired) electrons. The number of anilines is 1. The number of amides is 1. The molecule has 0 unspecified atom stereocenters. The highest BCUT2D eigenvalue weighted by atomic mass is 35.5. The van der Waals surface area contributed by atoms with Crippen LogP contribution in [0, 0.1) is 13.8 Å². The van der Waals surface area contributed by atoms with Crippen LogP contribution in [0.25, 0.3) is 0 Å². The van der Waals surface area contributed by atoms with Crippen molar-refractivity contribution in [3.63, 3.8) is 0 Å². The molecular weight excluding hydrogens is 352 g/mol. The first-order valence-electron chi connectivity index (χ1n) is 8.19. The Morgan fingerprint density at radius 3 is 2.50 bits per heavy atom. The van der Waals surface area contributed by atoms with Gasteiger partial charge in [0.25, 0.3) is 11.5 Å². The Kier molecular flexibility index (Phi) is 3.73. The van der Waals surface area contributed by atoms with E-state index in [9.17, 15) is 9.59 Å². The SMILES string of the molecule is Cc1n[nH]c2c1C(=O)N(c1cc(C)c(=O)n(C)c1)[C@H]2c1ccc(Cl)cc1. The van der Waals surface area contributed by atoms with E-state index in [1.807, 2.05) is 19.1 Å². The summed E-state index contributed by atoms with van der Waals surface area (Å²) in [7, 11) is 1.68. The van der Waals surface area contributed by atoms with Gasteiger partial charge < -0.3 is 4.57 Å². The number of aryl methyl sites for hydroxylation is 3. The van der Waals surface area contributed by atoms with Gasteiger partial charge in [0, 0.05) is 23.8 Å². The van der Waals surface area contributed by atoms with Gasteiger partial charge in [0.05, 0.1) is 22.6 Å². The maximum Gasteiger partial charge on any atom is 0.263 e. The van der Waals surface area contributed by atoms with Crippen LogP contribution >= 0.6 is 11.6 Å². The van der Waals surface area contributed by atoms with Crippen molar-refractivity contribution in [2.45, 2.75) is 19.9 Å². The molecule has 4 rings (SSSR count). The van der Waals surface area contributed by atoms with Crippen LogP contribution in [0.3, 0.4) is 0 Å².